The molecule has 0 atom stereocenters. The summed E-state index contributed by atoms with van der Waals surface area (Å²) in [6, 6.07) is 5.84. The first-order valence-corrected chi connectivity index (χ1v) is 12.3. The van der Waals surface area contributed by atoms with Crippen LogP contribution in [0.25, 0.3) is 17.2 Å². The van der Waals surface area contributed by atoms with Crippen LogP contribution in [0.1, 0.15) is 68.4 Å². The zero-order valence-electron chi connectivity index (χ0n) is 19.6. The molecule has 2 saturated carbocycles. The molecule has 0 bridgehead atoms. The summed E-state index contributed by atoms with van der Waals surface area (Å²) in [4.78, 5) is 0. The molecule has 0 amide bonds. The van der Waals surface area contributed by atoms with E-state index in [1.165, 1.54) is 43.9 Å². The zero-order valence-corrected chi connectivity index (χ0v) is 19.6. The third kappa shape index (κ3) is 6.28. The van der Waals surface area contributed by atoms with E-state index in [2.05, 4.69) is 13.5 Å². The number of alkyl halides is 3. The van der Waals surface area contributed by atoms with E-state index in [0.717, 1.165) is 43.7 Å². The van der Waals surface area contributed by atoms with E-state index in [-0.39, 0.29) is 28.7 Å². The van der Waals surface area contributed by atoms with Crippen LogP contribution in [-0.2, 0) is 0 Å². The maximum absolute atomic E-state index is 15.0. The fraction of sp³-hybridized carbons (Fsp3) is 0.464. The molecule has 2 aromatic carbocycles. The molecule has 0 aromatic heterocycles. The molecule has 35 heavy (non-hydrogen) atoms. The second-order valence-electron chi connectivity index (χ2n) is 9.99. The fourth-order valence-electron chi connectivity index (χ4n) is 5.88. The molecule has 186 valence electrons. The van der Waals surface area contributed by atoms with Gasteiger partial charge in [-0.2, -0.15) is 13.2 Å². The van der Waals surface area contributed by atoms with Crippen molar-refractivity contribution in [3.05, 3.63) is 65.0 Å². The molecule has 0 saturated heterocycles. The number of halogens is 6. The van der Waals surface area contributed by atoms with Gasteiger partial charge in [-0.3, -0.25) is 0 Å². The van der Waals surface area contributed by atoms with Gasteiger partial charge in [0.25, 0.3) is 0 Å². The van der Waals surface area contributed by atoms with Crippen LogP contribution in [0.4, 0.5) is 26.3 Å². The Morgan fingerprint density at radius 3 is 1.83 bits per heavy atom. The Morgan fingerprint density at radius 2 is 1.31 bits per heavy atom. The summed E-state index contributed by atoms with van der Waals surface area (Å²) in [5, 5.41) is 0. The molecule has 0 heterocycles. The van der Waals surface area contributed by atoms with Crippen molar-refractivity contribution in [1.82, 2.24) is 0 Å². The fourth-order valence-corrected chi connectivity index (χ4v) is 5.88. The van der Waals surface area contributed by atoms with E-state index >= 15 is 0 Å². The van der Waals surface area contributed by atoms with Crippen molar-refractivity contribution >= 4 is 19.5 Å². The van der Waals surface area contributed by atoms with Gasteiger partial charge in [-0.15, -0.1) is 0 Å². The van der Waals surface area contributed by atoms with Gasteiger partial charge in [0.05, 0.1) is 5.56 Å². The maximum atomic E-state index is 15.0. The molecule has 0 aliphatic heterocycles. The Labute approximate surface area is 203 Å². The number of hydrogen-bond donors (Lipinski definition) is 0. The third-order valence-electron chi connectivity index (χ3n) is 7.87. The van der Waals surface area contributed by atoms with Crippen LogP contribution in [0.15, 0.2) is 36.4 Å². The van der Waals surface area contributed by atoms with Gasteiger partial charge in [0.2, 0.25) is 0 Å². The topological polar surface area (TPSA) is 0 Å². The first kappa shape index (κ1) is 25.8. The van der Waals surface area contributed by atoms with E-state index < -0.39 is 23.6 Å². The molecule has 2 aromatic rings. The van der Waals surface area contributed by atoms with Crippen LogP contribution in [0.3, 0.4) is 0 Å². The molecule has 2 aliphatic carbocycles. The zero-order chi connectivity index (χ0) is 25.2. The summed E-state index contributed by atoms with van der Waals surface area (Å²) in [5.74, 6) is 1.62. The van der Waals surface area contributed by atoms with E-state index in [1.807, 2.05) is 0 Å². The average Bonchev–Trinajstić information content (AvgIpc) is 2.82. The van der Waals surface area contributed by atoms with Gasteiger partial charge < -0.3 is 0 Å². The first-order chi connectivity index (χ1) is 16.6. The second-order valence-corrected chi connectivity index (χ2v) is 9.99. The van der Waals surface area contributed by atoms with Gasteiger partial charge in [-0.05, 0) is 17.7 Å². The SMILES string of the molecule is B=CC1CCC(C2CCC(c3cc(F)c(-c4ccc(/C=C/C(F)(F)F)c(F)c4)c(F)c3)CC2)CC1. The van der Waals surface area contributed by atoms with Gasteiger partial charge in [0.1, 0.15) is 5.82 Å². The van der Waals surface area contributed by atoms with E-state index in [0.29, 0.717) is 23.5 Å². The number of allylic oxidation sites excluding steroid dienone is 1. The quantitative estimate of drug-likeness (QED) is 0.293. The Balaban J connectivity index is 1.45. The van der Waals surface area contributed by atoms with Gasteiger partial charge in [0, 0.05) is 11.6 Å². The van der Waals surface area contributed by atoms with Gasteiger partial charge in [0.15, 0.2) is 0 Å². The molecule has 2 fully saturated rings. The number of benzene rings is 2. The normalized spacial score (nSPS) is 25.6. The van der Waals surface area contributed by atoms with Crippen molar-refractivity contribution in [2.24, 2.45) is 17.8 Å². The van der Waals surface area contributed by atoms with Gasteiger partial charge >= 0.3 is 124 Å². The minimum absolute atomic E-state index is 0.0490. The molecule has 0 unspecified atom stereocenters. The summed E-state index contributed by atoms with van der Waals surface area (Å²) in [5.41, 5.74) is -0.111. The monoisotopic (exact) mass is 490 g/mol. The van der Waals surface area contributed by atoms with Gasteiger partial charge in [-0.1, -0.05) is 12.1 Å². The van der Waals surface area contributed by atoms with E-state index in [9.17, 15) is 26.3 Å². The Kier molecular flexibility index (Phi) is 7.92. The summed E-state index contributed by atoms with van der Waals surface area (Å²) in [6.07, 6.45) is 4.67. The van der Waals surface area contributed by atoms with Crippen molar-refractivity contribution in [1.29, 1.82) is 0 Å². The summed E-state index contributed by atoms with van der Waals surface area (Å²) in [7, 11) is 3.91. The van der Waals surface area contributed by atoms with Crippen LogP contribution in [0.2, 0.25) is 0 Å². The number of hydrogen-bond acceptors (Lipinski definition) is 0. The van der Waals surface area contributed by atoms with Gasteiger partial charge in [-0.25, -0.2) is 13.2 Å². The molecule has 0 spiro atoms. The summed E-state index contributed by atoms with van der Waals surface area (Å²) in [6.45, 7) is 0. The molecular formula is C28H29BF6. The Hall–Kier alpha value is -2.31. The van der Waals surface area contributed by atoms with Crippen molar-refractivity contribution in [3.8, 4) is 11.1 Å². The predicted molar refractivity (Wildman–Crippen MR) is 130 cm³/mol. The molecular weight excluding hydrogens is 461 g/mol. The average molecular weight is 490 g/mol. The van der Waals surface area contributed by atoms with Crippen molar-refractivity contribution in [2.45, 2.75) is 63.5 Å². The molecule has 4 rings (SSSR count). The van der Waals surface area contributed by atoms with E-state index in [1.54, 1.807) is 0 Å². The molecule has 0 nitrogen and oxygen atoms in total. The van der Waals surface area contributed by atoms with Crippen LogP contribution in [0, 0.1) is 35.2 Å². The van der Waals surface area contributed by atoms with Crippen LogP contribution in [0.5, 0.6) is 0 Å². The third-order valence-corrected chi connectivity index (χ3v) is 7.87. The Bertz CT molecular complexity index is 1050. The summed E-state index contributed by atoms with van der Waals surface area (Å²) < 4.78 is 81.3. The second kappa shape index (κ2) is 10.8. The van der Waals surface area contributed by atoms with Crippen LogP contribution < -0.4 is 0 Å². The first-order valence-electron chi connectivity index (χ1n) is 12.3. The molecule has 0 N–H and O–H groups in total. The molecule has 0 radical (unpaired) electrons. The standard InChI is InChI=1S/C28H29BF6/c29-16-17-1-3-18(4-2-17)19-5-7-20(8-6-19)23-14-25(31)27(26(32)15-23)22-10-9-21(24(30)13-22)11-12-28(33,34)35/h9-20,29H,1-8H2/b12-11+. The number of rotatable bonds is 5. The van der Waals surface area contributed by atoms with Crippen LogP contribution in [-0.4, -0.2) is 19.6 Å². The van der Waals surface area contributed by atoms with Crippen molar-refractivity contribution in [3.63, 3.8) is 0 Å². The van der Waals surface area contributed by atoms with Crippen molar-refractivity contribution in [2.75, 3.05) is 0 Å². The predicted octanol–water partition coefficient (Wildman–Crippen LogP) is 8.13. The Morgan fingerprint density at radius 1 is 0.743 bits per heavy atom. The van der Waals surface area contributed by atoms with Crippen LogP contribution >= 0.6 is 0 Å². The molecule has 7 heteroatoms. The van der Waals surface area contributed by atoms with Crippen molar-refractivity contribution < 1.29 is 26.3 Å². The minimum atomic E-state index is -4.58. The summed E-state index contributed by atoms with van der Waals surface area (Å²) >= 11 is 0. The molecule has 2 aliphatic rings. The van der Waals surface area contributed by atoms with E-state index in [4.69, 9.17) is 0 Å².